The molecule has 164 valence electrons. The summed E-state index contributed by atoms with van der Waals surface area (Å²) in [6, 6.07) is 16.2. The van der Waals surface area contributed by atoms with E-state index in [0.717, 1.165) is 51.6 Å². The van der Waals surface area contributed by atoms with Crippen LogP contribution in [0.25, 0.3) is 11.3 Å². The molecule has 5 nitrogen and oxygen atoms in total. The van der Waals surface area contributed by atoms with Gasteiger partial charge in [-0.25, -0.2) is 0 Å². The lowest BCUT2D eigenvalue weighted by Gasteiger charge is -2.38. The predicted molar refractivity (Wildman–Crippen MR) is 130 cm³/mol. The van der Waals surface area contributed by atoms with E-state index >= 15 is 0 Å². The number of benzene rings is 2. The lowest BCUT2D eigenvalue weighted by molar-refractivity contribution is -0.118. The van der Waals surface area contributed by atoms with E-state index in [2.05, 4.69) is 58.5 Å². The molecular formula is C26H27ClN4O. The SMILES string of the molecule is CN(C)c1ccc(C2C3=C(CC(C)(C)CC3=O)Nc3n[nH]c(-c4ccc(Cl)cc4)c32)cc1. The van der Waals surface area contributed by atoms with Gasteiger partial charge in [-0.2, -0.15) is 5.10 Å². The zero-order valence-corrected chi connectivity index (χ0v) is 19.5. The summed E-state index contributed by atoms with van der Waals surface area (Å²) in [5.41, 5.74) is 6.92. The first-order valence-electron chi connectivity index (χ1n) is 10.9. The zero-order chi connectivity index (χ0) is 22.6. The van der Waals surface area contributed by atoms with Gasteiger partial charge in [0.25, 0.3) is 0 Å². The normalized spacial score (nSPS) is 19.3. The second kappa shape index (κ2) is 7.52. The smallest absolute Gasteiger partial charge is 0.162 e. The van der Waals surface area contributed by atoms with Crippen molar-refractivity contribution in [2.45, 2.75) is 32.6 Å². The highest BCUT2D eigenvalue weighted by Crippen LogP contribution is 2.51. The van der Waals surface area contributed by atoms with Gasteiger partial charge in [0.2, 0.25) is 0 Å². The molecule has 1 aliphatic carbocycles. The summed E-state index contributed by atoms with van der Waals surface area (Å²) in [7, 11) is 4.06. The molecule has 0 saturated carbocycles. The third kappa shape index (κ3) is 3.51. The Morgan fingerprint density at radius 1 is 1.03 bits per heavy atom. The largest absolute Gasteiger partial charge is 0.378 e. The van der Waals surface area contributed by atoms with Crippen LogP contribution in [-0.2, 0) is 4.79 Å². The number of hydrogen-bond acceptors (Lipinski definition) is 4. The van der Waals surface area contributed by atoms with Gasteiger partial charge in [-0.1, -0.05) is 49.7 Å². The fourth-order valence-electron chi connectivity index (χ4n) is 4.93. The number of carbonyl (C=O) groups is 1. The Morgan fingerprint density at radius 3 is 2.38 bits per heavy atom. The Morgan fingerprint density at radius 2 is 1.72 bits per heavy atom. The first-order chi connectivity index (χ1) is 15.2. The minimum absolute atomic E-state index is 0.0743. The number of aromatic nitrogens is 2. The summed E-state index contributed by atoms with van der Waals surface area (Å²) in [6.07, 6.45) is 1.37. The number of aromatic amines is 1. The third-order valence-electron chi connectivity index (χ3n) is 6.45. The quantitative estimate of drug-likeness (QED) is 0.518. The van der Waals surface area contributed by atoms with Crippen molar-refractivity contribution < 1.29 is 4.79 Å². The Kier molecular flexibility index (Phi) is 4.90. The van der Waals surface area contributed by atoms with Crippen LogP contribution in [0, 0.1) is 5.41 Å². The molecule has 5 rings (SSSR count). The van der Waals surface area contributed by atoms with Gasteiger partial charge in [0.15, 0.2) is 11.6 Å². The van der Waals surface area contributed by atoms with Crippen LogP contribution in [0.2, 0.25) is 5.02 Å². The number of allylic oxidation sites excluding steroid dienone is 2. The predicted octanol–water partition coefficient (Wildman–Crippen LogP) is 6.00. The van der Waals surface area contributed by atoms with Crippen LogP contribution in [0.3, 0.4) is 0 Å². The first kappa shape index (κ1) is 20.8. The van der Waals surface area contributed by atoms with Crippen molar-refractivity contribution in [3.8, 4) is 11.3 Å². The second-order valence-electron chi connectivity index (χ2n) is 9.74. The van der Waals surface area contributed by atoms with Crippen LogP contribution in [0.5, 0.6) is 0 Å². The van der Waals surface area contributed by atoms with E-state index in [1.54, 1.807) is 0 Å². The molecule has 3 aromatic rings. The molecule has 2 aromatic carbocycles. The highest BCUT2D eigenvalue weighted by atomic mass is 35.5. The molecule has 1 aromatic heterocycles. The average molecular weight is 447 g/mol. The highest BCUT2D eigenvalue weighted by molar-refractivity contribution is 6.30. The second-order valence-corrected chi connectivity index (χ2v) is 10.2. The summed E-state index contributed by atoms with van der Waals surface area (Å²) < 4.78 is 0. The van der Waals surface area contributed by atoms with Gasteiger partial charge in [-0.05, 0) is 41.7 Å². The summed E-state index contributed by atoms with van der Waals surface area (Å²) in [4.78, 5) is 15.6. The minimum Gasteiger partial charge on any atom is -0.378 e. The summed E-state index contributed by atoms with van der Waals surface area (Å²) >= 11 is 6.12. The lowest BCUT2D eigenvalue weighted by Crippen LogP contribution is -2.33. The molecule has 0 radical (unpaired) electrons. The molecule has 2 N–H and O–H groups in total. The number of carbonyl (C=O) groups excluding carboxylic acids is 1. The topological polar surface area (TPSA) is 61.0 Å². The first-order valence-corrected chi connectivity index (χ1v) is 11.3. The van der Waals surface area contributed by atoms with Crippen LogP contribution in [0.4, 0.5) is 11.5 Å². The van der Waals surface area contributed by atoms with Crippen LogP contribution < -0.4 is 10.2 Å². The molecule has 1 unspecified atom stereocenters. The molecule has 2 heterocycles. The Balaban J connectivity index is 1.70. The molecule has 0 spiro atoms. The number of anilines is 2. The number of ketones is 1. The Bertz CT molecular complexity index is 1220. The van der Waals surface area contributed by atoms with Crippen molar-refractivity contribution >= 4 is 28.9 Å². The van der Waals surface area contributed by atoms with Crippen LogP contribution in [0.1, 0.15) is 43.7 Å². The summed E-state index contributed by atoms with van der Waals surface area (Å²) in [5, 5.41) is 12.0. The lowest BCUT2D eigenvalue weighted by atomic mass is 9.69. The molecule has 6 heteroatoms. The number of H-pyrrole nitrogens is 1. The standard InChI is InChI=1S/C26H27ClN4O/c1-26(2)13-19-22(20(32)14-26)21(15-7-11-18(12-8-15)31(3)4)23-24(29-30-25(23)28-19)16-5-9-17(27)10-6-16/h5-12,21H,13-14H2,1-4H3,(H2,28,29,30). The van der Waals surface area contributed by atoms with Crippen LogP contribution in [-0.4, -0.2) is 30.1 Å². The number of rotatable bonds is 3. The van der Waals surface area contributed by atoms with E-state index in [0.29, 0.717) is 11.4 Å². The fourth-order valence-corrected chi connectivity index (χ4v) is 5.06. The molecule has 32 heavy (non-hydrogen) atoms. The maximum atomic E-state index is 13.5. The maximum absolute atomic E-state index is 13.5. The van der Waals surface area contributed by atoms with Gasteiger partial charge in [-0.3, -0.25) is 9.89 Å². The monoisotopic (exact) mass is 446 g/mol. The van der Waals surface area contributed by atoms with Crippen molar-refractivity contribution in [3.63, 3.8) is 0 Å². The Hall–Kier alpha value is -3.05. The van der Waals surface area contributed by atoms with Crippen molar-refractivity contribution in [3.05, 3.63) is 76.0 Å². The molecule has 0 fully saturated rings. The van der Waals surface area contributed by atoms with Gasteiger partial charge < -0.3 is 10.2 Å². The van der Waals surface area contributed by atoms with Gasteiger partial charge in [-0.15, -0.1) is 0 Å². The van der Waals surface area contributed by atoms with E-state index < -0.39 is 0 Å². The van der Waals surface area contributed by atoms with Gasteiger partial charge in [0, 0.05) is 59.5 Å². The third-order valence-corrected chi connectivity index (χ3v) is 6.70. The summed E-state index contributed by atoms with van der Waals surface area (Å²) in [5.74, 6) is 0.825. The Labute approximate surface area is 193 Å². The van der Waals surface area contributed by atoms with E-state index in [1.807, 2.05) is 38.4 Å². The molecule has 0 bridgehead atoms. The molecule has 2 aliphatic rings. The molecule has 0 amide bonds. The van der Waals surface area contributed by atoms with Crippen molar-refractivity contribution in [1.82, 2.24) is 10.2 Å². The van der Waals surface area contributed by atoms with E-state index in [4.69, 9.17) is 11.6 Å². The minimum atomic E-state index is -0.175. The maximum Gasteiger partial charge on any atom is 0.162 e. The number of halogens is 1. The van der Waals surface area contributed by atoms with Crippen molar-refractivity contribution in [2.24, 2.45) is 5.41 Å². The molecule has 1 atom stereocenters. The summed E-state index contributed by atoms with van der Waals surface area (Å²) in [6.45, 7) is 4.30. The van der Waals surface area contributed by atoms with E-state index in [1.165, 1.54) is 0 Å². The number of nitrogens with zero attached hydrogens (tertiary/aromatic N) is 2. The number of Topliss-reactive ketones (excluding diaryl/α,β-unsaturated/α-hetero) is 1. The van der Waals surface area contributed by atoms with Gasteiger partial charge >= 0.3 is 0 Å². The fraction of sp³-hybridized carbons (Fsp3) is 0.308. The number of fused-ring (bicyclic) bond motifs is 1. The van der Waals surface area contributed by atoms with Crippen LogP contribution in [0.15, 0.2) is 59.8 Å². The van der Waals surface area contributed by atoms with Gasteiger partial charge in [0.1, 0.15) is 0 Å². The van der Waals surface area contributed by atoms with Crippen LogP contribution >= 0.6 is 11.6 Å². The number of nitrogens with one attached hydrogen (secondary N) is 2. The van der Waals surface area contributed by atoms with E-state index in [9.17, 15) is 4.79 Å². The number of hydrogen-bond donors (Lipinski definition) is 2. The van der Waals surface area contributed by atoms with Gasteiger partial charge in [0.05, 0.1) is 5.69 Å². The zero-order valence-electron chi connectivity index (χ0n) is 18.8. The van der Waals surface area contributed by atoms with Crippen molar-refractivity contribution in [2.75, 3.05) is 24.3 Å². The molecule has 0 saturated heterocycles. The molecular weight excluding hydrogens is 420 g/mol. The highest BCUT2D eigenvalue weighted by Gasteiger charge is 2.42. The van der Waals surface area contributed by atoms with E-state index in [-0.39, 0.29) is 17.1 Å². The average Bonchev–Trinajstić information content (AvgIpc) is 3.15. The van der Waals surface area contributed by atoms with Crippen molar-refractivity contribution in [1.29, 1.82) is 0 Å². The molecule has 1 aliphatic heterocycles.